The quantitative estimate of drug-likeness (QED) is 0.877. The molecule has 0 saturated carbocycles. The molecule has 4 nitrogen and oxygen atoms in total. The summed E-state index contributed by atoms with van der Waals surface area (Å²) in [6.45, 7) is 0.610. The molecule has 1 fully saturated rings. The Morgan fingerprint density at radius 1 is 1.59 bits per heavy atom. The molecule has 2 rings (SSSR count). The molecule has 1 aromatic rings. The van der Waals surface area contributed by atoms with Gasteiger partial charge in [-0.05, 0) is 25.0 Å². The smallest absolute Gasteiger partial charge is 0.253 e. The van der Waals surface area contributed by atoms with E-state index in [-0.39, 0.29) is 5.91 Å². The SMILES string of the molecule is COc1cc(F)ccc1NC(=O)C1CCCO1. The number of hydrogen-bond donors (Lipinski definition) is 1. The van der Waals surface area contributed by atoms with E-state index >= 15 is 0 Å². The highest BCUT2D eigenvalue weighted by atomic mass is 19.1. The Balaban J connectivity index is 2.09. The number of amides is 1. The van der Waals surface area contributed by atoms with Crippen LogP contribution in [0.1, 0.15) is 12.8 Å². The fourth-order valence-corrected chi connectivity index (χ4v) is 1.77. The summed E-state index contributed by atoms with van der Waals surface area (Å²) in [6.07, 6.45) is 1.19. The van der Waals surface area contributed by atoms with Gasteiger partial charge >= 0.3 is 0 Å². The molecule has 0 aromatic heterocycles. The summed E-state index contributed by atoms with van der Waals surface area (Å²) in [5.74, 6) is -0.319. The van der Waals surface area contributed by atoms with Crippen molar-refractivity contribution in [1.29, 1.82) is 0 Å². The van der Waals surface area contributed by atoms with E-state index in [9.17, 15) is 9.18 Å². The van der Waals surface area contributed by atoms with E-state index in [1.54, 1.807) is 0 Å². The number of nitrogens with one attached hydrogen (secondary N) is 1. The monoisotopic (exact) mass is 239 g/mol. The number of methoxy groups -OCH3 is 1. The maximum Gasteiger partial charge on any atom is 0.253 e. The van der Waals surface area contributed by atoms with Crippen molar-refractivity contribution < 1.29 is 18.7 Å². The third-order valence-corrected chi connectivity index (χ3v) is 2.64. The molecule has 1 aromatic carbocycles. The molecular weight excluding hydrogens is 225 g/mol. The maximum atomic E-state index is 13.0. The third kappa shape index (κ3) is 2.74. The molecule has 1 heterocycles. The lowest BCUT2D eigenvalue weighted by Gasteiger charge is -2.13. The fraction of sp³-hybridized carbons (Fsp3) is 0.417. The van der Waals surface area contributed by atoms with E-state index in [2.05, 4.69) is 5.32 Å². The largest absolute Gasteiger partial charge is 0.494 e. The summed E-state index contributed by atoms with van der Waals surface area (Å²) in [7, 11) is 1.43. The van der Waals surface area contributed by atoms with Crippen LogP contribution in [-0.4, -0.2) is 25.7 Å². The first kappa shape index (κ1) is 11.9. The molecule has 0 radical (unpaired) electrons. The van der Waals surface area contributed by atoms with Crippen LogP contribution in [0.15, 0.2) is 18.2 Å². The van der Waals surface area contributed by atoms with Crippen LogP contribution in [-0.2, 0) is 9.53 Å². The highest BCUT2D eigenvalue weighted by Crippen LogP contribution is 2.26. The highest BCUT2D eigenvalue weighted by molar-refractivity contribution is 5.95. The second kappa shape index (κ2) is 5.14. The first-order valence-electron chi connectivity index (χ1n) is 5.46. The van der Waals surface area contributed by atoms with E-state index in [0.717, 1.165) is 12.8 Å². The molecule has 1 N–H and O–H groups in total. The van der Waals surface area contributed by atoms with Crippen LogP contribution >= 0.6 is 0 Å². The van der Waals surface area contributed by atoms with Crippen molar-refractivity contribution in [3.8, 4) is 5.75 Å². The van der Waals surface area contributed by atoms with Gasteiger partial charge in [-0.25, -0.2) is 4.39 Å². The third-order valence-electron chi connectivity index (χ3n) is 2.64. The van der Waals surface area contributed by atoms with E-state index in [4.69, 9.17) is 9.47 Å². The molecule has 1 atom stereocenters. The lowest BCUT2D eigenvalue weighted by Crippen LogP contribution is -2.27. The van der Waals surface area contributed by atoms with Gasteiger partial charge in [0, 0.05) is 12.7 Å². The van der Waals surface area contributed by atoms with Crippen LogP contribution in [0.5, 0.6) is 5.75 Å². The van der Waals surface area contributed by atoms with Gasteiger partial charge in [-0.1, -0.05) is 0 Å². The molecule has 1 aliphatic rings. The van der Waals surface area contributed by atoms with Gasteiger partial charge < -0.3 is 14.8 Å². The van der Waals surface area contributed by atoms with E-state index in [1.165, 1.54) is 25.3 Å². The van der Waals surface area contributed by atoms with Gasteiger partial charge in [0.2, 0.25) is 0 Å². The molecule has 5 heteroatoms. The molecule has 92 valence electrons. The average Bonchev–Trinajstić information content (AvgIpc) is 2.85. The number of carbonyl (C=O) groups is 1. The number of carbonyl (C=O) groups excluding carboxylic acids is 1. The average molecular weight is 239 g/mol. The molecule has 0 spiro atoms. The number of benzene rings is 1. The summed E-state index contributed by atoms with van der Waals surface area (Å²) in [5, 5.41) is 2.68. The molecule has 1 amide bonds. The van der Waals surface area contributed by atoms with Crippen molar-refractivity contribution in [2.45, 2.75) is 18.9 Å². The van der Waals surface area contributed by atoms with Crippen molar-refractivity contribution in [3.63, 3.8) is 0 Å². The molecule has 1 aliphatic heterocycles. The topological polar surface area (TPSA) is 47.6 Å². The summed E-state index contributed by atoms with van der Waals surface area (Å²) in [5.41, 5.74) is 0.453. The zero-order valence-electron chi connectivity index (χ0n) is 9.53. The summed E-state index contributed by atoms with van der Waals surface area (Å²) in [4.78, 5) is 11.8. The summed E-state index contributed by atoms with van der Waals surface area (Å²) >= 11 is 0. The minimum Gasteiger partial charge on any atom is -0.494 e. The van der Waals surface area contributed by atoms with E-state index in [0.29, 0.717) is 18.0 Å². The number of rotatable bonds is 3. The lowest BCUT2D eigenvalue weighted by molar-refractivity contribution is -0.124. The second-order valence-electron chi connectivity index (χ2n) is 3.84. The molecule has 0 bridgehead atoms. The fourth-order valence-electron chi connectivity index (χ4n) is 1.77. The summed E-state index contributed by atoms with van der Waals surface area (Å²) in [6, 6.07) is 3.97. The Labute approximate surface area is 98.7 Å². The molecular formula is C12H14FNO3. The van der Waals surface area contributed by atoms with Crippen LogP contribution in [0.25, 0.3) is 0 Å². The molecule has 1 saturated heterocycles. The highest BCUT2D eigenvalue weighted by Gasteiger charge is 2.24. The van der Waals surface area contributed by atoms with Gasteiger partial charge in [-0.3, -0.25) is 4.79 Å². The van der Waals surface area contributed by atoms with Gasteiger partial charge in [0.25, 0.3) is 5.91 Å². The van der Waals surface area contributed by atoms with Gasteiger partial charge in [0.15, 0.2) is 0 Å². The lowest BCUT2D eigenvalue weighted by atomic mass is 10.2. The van der Waals surface area contributed by atoms with Crippen LogP contribution in [0.3, 0.4) is 0 Å². The minimum absolute atomic E-state index is 0.215. The van der Waals surface area contributed by atoms with Crippen LogP contribution in [0, 0.1) is 5.82 Å². The van der Waals surface area contributed by atoms with E-state index in [1.807, 2.05) is 0 Å². The normalized spacial score (nSPS) is 19.1. The maximum absolute atomic E-state index is 13.0. The number of hydrogen-bond acceptors (Lipinski definition) is 3. The molecule has 1 unspecified atom stereocenters. The Hall–Kier alpha value is -1.62. The first-order valence-corrected chi connectivity index (χ1v) is 5.46. The zero-order chi connectivity index (χ0) is 12.3. The van der Waals surface area contributed by atoms with Crippen molar-refractivity contribution in [1.82, 2.24) is 0 Å². The van der Waals surface area contributed by atoms with Crippen LogP contribution in [0.2, 0.25) is 0 Å². The molecule has 0 aliphatic carbocycles. The minimum atomic E-state index is -0.412. The Bertz CT molecular complexity index is 416. The van der Waals surface area contributed by atoms with Gasteiger partial charge in [0.05, 0.1) is 12.8 Å². The first-order chi connectivity index (χ1) is 8.20. The number of ether oxygens (including phenoxy) is 2. The number of halogens is 1. The summed E-state index contributed by atoms with van der Waals surface area (Å²) < 4.78 is 23.2. The van der Waals surface area contributed by atoms with E-state index < -0.39 is 11.9 Å². The Kier molecular flexibility index (Phi) is 3.58. The van der Waals surface area contributed by atoms with Crippen LogP contribution < -0.4 is 10.1 Å². The second-order valence-corrected chi connectivity index (χ2v) is 3.84. The van der Waals surface area contributed by atoms with Gasteiger partial charge in [-0.2, -0.15) is 0 Å². The Morgan fingerprint density at radius 2 is 2.41 bits per heavy atom. The van der Waals surface area contributed by atoms with Crippen molar-refractivity contribution >= 4 is 11.6 Å². The predicted molar refractivity (Wildman–Crippen MR) is 60.6 cm³/mol. The Morgan fingerprint density at radius 3 is 3.06 bits per heavy atom. The van der Waals surface area contributed by atoms with Gasteiger partial charge in [-0.15, -0.1) is 0 Å². The van der Waals surface area contributed by atoms with Gasteiger partial charge in [0.1, 0.15) is 17.7 Å². The number of anilines is 1. The van der Waals surface area contributed by atoms with Crippen molar-refractivity contribution in [2.24, 2.45) is 0 Å². The zero-order valence-corrected chi connectivity index (χ0v) is 9.53. The standard InChI is InChI=1S/C12H14FNO3/c1-16-11-7-8(13)4-5-9(11)14-12(15)10-3-2-6-17-10/h4-5,7,10H,2-3,6H2,1H3,(H,14,15). The predicted octanol–water partition coefficient (Wildman–Crippen LogP) is 1.95. The molecule has 17 heavy (non-hydrogen) atoms. The van der Waals surface area contributed by atoms with Crippen LogP contribution in [0.4, 0.5) is 10.1 Å². The van der Waals surface area contributed by atoms with Crippen molar-refractivity contribution in [2.75, 3.05) is 19.0 Å². The van der Waals surface area contributed by atoms with Crippen molar-refractivity contribution in [3.05, 3.63) is 24.0 Å².